The standard InChI is InChI=1S/C7H8O3S.C6H9N3O2/c1-6-2-4-7(5-3-6)11(8,9)10;1-10-4-3-5(11-2)9-6(7)8-4/h2-5H,1H3,(H,8,9,10);3H,1-2H3,(H2,7,8,9). The molecule has 8 nitrogen and oxygen atoms in total. The third kappa shape index (κ3) is 5.54. The van der Waals surface area contributed by atoms with Gasteiger partial charge >= 0.3 is 5.95 Å². The van der Waals surface area contributed by atoms with Gasteiger partial charge in [-0.25, -0.2) is 13.4 Å². The highest BCUT2D eigenvalue weighted by atomic mass is 32.2. The van der Waals surface area contributed by atoms with Crippen molar-refractivity contribution in [3.8, 4) is 11.8 Å². The van der Waals surface area contributed by atoms with E-state index in [-0.39, 0.29) is 10.8 Å². The molecule has 0 aliphatic heterocycles. The van der Waals surface area contributed by atoms with E-state index in [1.165, 1.54) is 26.4 Å². The minimum atomic E-state index is -4.27. The minimum absolute atomic E-state index is 0.178. The molecule has 3 N–H and O–H groups in total. The van der Waals surface area contributed by atoms with E-state index in [9.17, 15) is 13.0 Å². The summed E-state index contributed by atoms with van der Waals surface area (Å²) in [5.41, 5.74) is 6.31. The molecule has 0 saturated heterocycles. The highest BCUT2D eigenvalue weighted by molar-refractivity contribution is 7.85. The zero-order valence-electron chi connectivity index (χ0n) is 12.4. The van der Waals surface area contributed by atoms with Crippen molar-refractivity contribution in [2.75, 3.05) is 20.0 Å². The number of aromatic nitrogens is 2. The maximum absolute atomic E-state index is 10.4. The van der Waals surface area contributed by atoms with Gasteiger partial charge in [0.2, 0.25) is 0 Å². The summed E-state index contributed by atoms with van der Waals surface area (Å²) < 4.78 is 40.9. The number of aromatic amines is 1. The number of benzene rings is 1. The molecule has 0 spiro atoms. The summed E-state index contributed by atoms with van der Waals surface area (Å²) in [6.45, 7) is 1.82. The lowest BCUT2D eigenvalue weighted by Gasteiger charge is -2.05. The summed E-state index contributed by atoms with van der Waals surface area (Å²) in [5.74, 6) is 1.22. The van der Waals surface area contributed by atoms with E-state index < -0.39 is 10.1 Å². The van der Waals surface area contributed by atoms with Gasteiger partial charge in [-0.05, 0) is 24.0 Å². The topological polar surface area (TPSA) is 129 Å². The zero-order chi connectivity index (χ0) is 16.8. The molecule has 9 heteroatoms. The predicted octanol–water partition coefficient (Wildman–Crippen LogP) is 0.394. The summed E-state index contributed by atoms with van der Waals surface area (Å²) in [6, 6.07) is 7.39. The van der Waals surface area contributed by atoms with Gasteiger partial charge in [0.15, 0.2) is 0 Å². The normalized spacial score (nSPS) is 10.4. The number of hydrogen-bond donors (Lipinski definition) is 1. The van der Waals surface area contributed by atoms with Crippen LogP contribution in [-0.2, 0) is 10.1 Å². The first-order valence-electron chi connectivity index (χ1n) is 6.06. The van der Waals surface area contributed by atoms with Crippen LogP contribution in [0.5, 0.6) is 11.8 Å². The van der Waals surface area contributed by atoms with Crippen molar-refractivity contribution in [2.24, 2.45) is 0 Å². The smallest absolute Gasteiger partial charge is 0.393 e. The molecule has 2 rings (SSSR count). The van der Waals surface area contributed by atoms with Crippen LogP contribution in [0.4, 0.5) is 5.95 Å². The largest absolute Gasteiger partial charge is 0.744 e. The van der Waals surface area contributed by atoms with Crippen molar-refractivity contribution in [3.05, 3.63) is 35.9 Å². The van der Waals surface area contributed by atoms with Gasteiger partial charge in [0, 0.05) is 0 Å². The second kappa shape index (κ2) is 7.57. The minimum Gasteiger partial charge on any atom is -0.744 e. The fourth-order valence-corrected chi connectivity index (χ4v) is 1.84. The SMILES string of the molecule is COc1cc(OC)[nH+]c(N)n1.Cc1ccc(S(=O)(=O)[O-])cc1. The Bertz CT molecular complexity index is 695. The molecule has 0 fully saturated rings. The molecule has 2 aromatic rings. The van der Waals surface area contributed by atoms with Crippen LogP contribution in [-0.4, -0.2) is 32.2 Å². The van der Waals surface area contributed by atoms with E-state index >= 15 is 0 Å². The second-order valence-electron chi connectivity index (χ2n) is 4.14. The monoisotopic (exact) mass is 327 g/mol. The highest BCUT2D eigenvalue weighted by Gasteiger charge is 2.07. The molecule has 120 valence electrons. The number of methoxy groups -OCH3 is 2. The molecule has 0 unspecified atom stereocenters. The molecular formula is C13H17N3O5S. The molecule has 1 aromatic heterocycles. The summed E-state index contributed by atoms with van der Waals surface area (Å²) in [6.07, 6.45) is 0. The second-order valence-corrected chi connectivity index (χ2v) is 5.52. The number of nitrogens with one attached hydrogen (secondary N) is 1. The van der Waals surface area contributed by atoms with Gasteiger partial charge in [-0.3, -0.25) is 5.73 Å². The van der Waals surface area contributed by atoms with Crippen LogP contribution < -0.4 is 20.2 Å². The number of anilines is 1. The lowest BCUT2D eigenvalue weighted by atomic mass is 10.2. The van der Waals surface area contributed by atoms with Gasteiger partial charge in [0.05, 0.1) is 25.2 Å². The Labute approximate surface area is 128 Å². The Morgan fingerprint density at radius 2 is 1.77 bits per heavy atom. The molecular weight excluding hydrogens is 310 g/mol. The van der Waals surface area contributed by atoms with E-state index in [1.54, 1.807) is 18.2 Å². The van der Waals surface area contributed by atoms with Gasteiger partial charge in [-0.15, -0.1) is 0 Å². The maximum atomic E-state index is 10.4. The van der Waals surface area contributed by atoms with Gasteiger partial charge in [0.1, 0.15) is 10.1 Å². The molecule has 0 saturated carbocycles. The third-order valence-corrected chi connectivity index (χ3v) is 3.32. The summed E-state index contributed by atoms with van der Waals surface area (Å²) >= 11 is 0. The number of rotatable bonds is 3. The fourth-order valence-electron chi connectivity index (χ4n) is 1.37. The average Bonchev–Trinajstić information content (AvgIpc) is 2.46. The van der Waals surface area contributed by atoms with Crippen molar-refractivity contribution in [2.45, 2.75) is 11.8 Å². The van der Waals surface area contributed by atoms with Gasteiger partial charge in [0.25, 0.3) is 11.8 Å². The molecule has 0 aliphatic rings. The number of ether oxygens (including phenoxy) is 2. The number of nitrogens with two attached hydrogens (primary N) is 1. The third-order valence-electron chi connectivity index (χ3n) is 2.48. The van der Waals surface area contributed by atoms with Gasteiger partial charge in [-0.2, -0.15) is 0 Å². The molecule has 0 amide bonds. The molecule has 0 aliphatic carbocycles. The summed E-state index contributed by atoms with van der Waals surface area (Å²) in [4.78, 5) is 6.34. The van der Waals surface area contributed by atoms with Crippen LogP contribution >= 0.6 is 0 Å². The molecule has 0 bridgehead atoms. The lowest BCUT2D eigenvalue weighted by Crippen LogP contribution is -2.15. The Kier molecular flexibility index (Phi) is 6.08. The first-order valence-corrected chi connectivity index (χ1v) is 7.47. The number of nitrogen functional groups attached to an aromatic ring is 1. The Balaban J connectivity index is 0.000000220. The predicted molar refractivity (Wildman–Crippen MR) is 77.5 cm³/mol. The quantitative estimate of drug-likeness (QED) is 0.807. The van der Waals surface area contributed by atoms with Crippen molar-refractivity contribution in [1.29, 1.82) is 0 Å². The van der Waals surface area contributed by atoms with Gasteiger partial charge in [-0.1, -0.05) is 17.7 Å². The highest BCUT2D eigenvalue weighted by Crippen LogP contribution is 2.11. The Hall–Kier alpha value is -2.39. The molecule has 1 aromatic carbocycles. The first kappa shape index (κ1) is 17.7. The molecule has 0 radical (unpaired) electrons. The van der Waals surface area contributed by atoms with Crippen molar-refractivity contribution >= 4 is 16.1 Å². The average molecular weight is 327 g/mol. The molecule has 1 heterocycles. The number of H-pyrrole nitrogens is 1. The van der Waals surface area contributed by atoms with E-state index in [0.29, 0.717) is 11.8 Å². The van der Waals surface area contributed by atoms with Gasteiger partial charge < -0.3 is 14.0 Å². The fraction of sp³-hybridized carbons (Fsp3) is 0.231. The van der Waals surface area contributed by atoms with Crippen LogP contribution in [0, 0.1) is 6.92 Å². The Morgan fingerprint density at radius 1 is 1.18 bits per heavy atom. The lowest BCUT2D eigenvalue weighted by molar-refractivity contribution is -0.380. The van der Waals surface area contributed by atoms with Crippen LogP contribution in [0.2, 0.25) is 0 Å². The number of hydrogen-bond acceptors (Lipinski definition) is 7. The van der Waals surface area contributed by atoms with E-state index in [0.717, 1.165) is 5.56 Å². The van der Waals surface area contributed by atoms with E-state index in [1.807, 2.05) is 6.92 Å². The van der Waals surface area contributed by atoms with Crippen LogP contribution in [0.3, 0.4) is 0 Å². The molecule has 0 atom stereocenters. The summed E-state index contributed by atoms with van der Waals surface area (Å²) in [7, 11) is -1.22. The summed E-state index contributed by atoms with van der Waals surface area (Å²) in [5, 5.41) is 0. The van der Waals surface area contributed by atoms with Crippen molar-refractivity contribution < 1.29 is 27.4 Å². The van der Waals surface area contributed by atoms with Crippen molar-refractivity contribution in [3.63, 3.8) is 0 Å². The van der Waals surface area contributed by atoms with Crippen LogP contribution in [0.1, 0.15) is 5.56 Å². The van der Waals surface area contributed by atoms with Crippen LogP contribution in [0.15, 0.2) is 35.2 Å². The van der Waals surface area contributed by atoms with E-state index in [4.69, 9.17) is 15.2 Å². The Morgan fingerprint density at radius 3 is 2.23 bits per heavy atom. The first-order chi connectivity index (χ1) is 10.3. The van der Waals surface area contributed by atoms with Crippen molar-refractivity contribution in [1.82, 2.24) is 4.98 Å². The maximum Gasteiger partial charge on any atom is 0.393 e. The number of nitrogens with zero attached hydrogens (tertiary/aromatic N) is 1. The zero-order valence-corrected chi connectivity index (χ0v) is 13.2. The van der Waals surface area contributed by atoms with E-state index in [2.05, 4.69) is 9.97 Å². The molecule has 22 heavy (non-hydrogen) atoms. The number of aryl methyl sites for hydroxylation is 1. The van der Waals surface area contributed by atoms with Crippen LogP contribution in [0.25, 0.3) is 0 Å².